The van der Waals surface area contributed by atoms with Gasteiger partial charge < -0.3 is 10.0 Å². The molecule has 120 valence electrons. The standard InChI is InChI=1S/C20H23NO2/c1-14(2)12-18-16-10-6-7-11-17(16)20(23)21(18)19(13-22)15-8-4-3-5-9-15/h3-11,14,18-19,22H,12-13H2,1-2H3/t18-,19-/m0/s1. The fourth-order valence-electron chi connectivity index (χ4n) is 3.49. The number of aliphatic hydroxyl groups excluding tert-OH is 1. The first-order valence-electron chi connectivity index (χ1n) is 8.21. The predicted octanol–water partition coefficient (Wildman–Crippen LogP) is 3.96. The van der Waals surface area contributed by atoms with E-state index in [1.165, 1.54) is 0 Å². The van der Waals surface area contributed by atoms with Crippen molar-refractivity contribution in [2.75, 3.05) is 6.61 Å². The molecule has 1 N–H and O–H groups in total. The first-order valence-corrected chi connectivity index (χ1v) is 8.21. The summed E-state index contributed by atoms with van der Waals surface area (Å²) in [7, 11) is 0. The van der Waals surface area contributed by atoms with Crippen LogP contribution in [0.2, 0.25) is 0 Å². The monoisotopic (exact) mass is 309 g/mol. The lowest BCUT2D eigenvalue weighted by atomic mass is 9.95. The van der Waals surface area contributed by atoms with Gasteiger partial charge in [0, 0.05) is 5.56 Å². The summed E-state index contributed by atoms with van der Waals surface area (Å²) in [6.07, 6.45) is 0.895. The maximum absolute atomic E-state index is 13.0. The Balaban J connectivity index is 2.04. The minimum atomic E-state index is -0.306. The van der Waals surface area contributed by atoms with E-state index in [1.807, 2.05) is 59.5 Å². The van der Waals surface area contributed by atoms with Crippen LogP contribution < -0.4 is 0 Å². The molecule has 1 heterocycles. The van der Waals surface area contributed by atoms with Gasteiger partial charge in [-0.3, -0.25) is 4.79 Å². The molecule has 3 heteroatoms. The van der Waals surface area contributed by atoms with Crippen molar-refractivity contribution in [2.24, 2.45) is 5.92 Å². The molecular formula is C20H23NO2. The lowest BCUT2D eigenvalue weighted by Crippen LogP contribution is -2.35. The number of carbonyl (C=O) groups is 1. The molecule has 0 fully saturated rings. The molecule has 1 amide bonds. The Morgan fingerprint density at radius 2 is 1.70 bits per heavy atom. The summed E-state index contributed by atoms with van der Waals surface area (Å²) < 4.78 is 0. The molecule has 0 unspecified atom stereocenters. The van der Waals surface area contributed by atoms with Gasteiger partial charge in [0.1, 0.15) is 0 Å². The second-order valence-corrected chi connectivity index (χ2v) is 6.55. The summed E-state index contributed by atoms with van der Waals surface area (Å²) in [4.78, 5) is 14.9. The van der Waals surface area contributed by atoms with E-state index in [2.05, 4.69) is 13.8 Å². The molecule has 0 aromatic heterocycles. The summed E-state index contributed by atoms with van der Waals surface area (Å²) in [6, 6.07) is 17.3. The number of hydrogen-bond donors (Lipinski definition) is 1. The van der Waals surface area contributed by atoms with Crippen LogP contribution in [0.25, 0.3) is 0 Å². The largest absolute Gasteiger partial charge is 0.394 e. The van der Waals surface area contributed by atoms with Crippen LogP contribution in [0.15, 0.2) is 54.6 Å². The Morgan fingerprint density at radius 1 is 1.04 bits per heavy atom. The van der Waals surface area contributed by atoms with Gasteiger partial charge in [-0.05, 0) is 29.5 Å². The molecule has 0 radical (unpaired) electrons. The first kappa shape index (κ1) is 15.8. The van der Waals surface area contributed by atoms with Gasteiger partial charge in [-0.1, -0.05) is 62.4 Å². The van der Waals surface area contributed by atoms with E-state index in [4.69, 9.17) is 0 Å². The molecule has 0 saturated heterocycles. The Morgan fingerprint density at radius 3 is 2.35 bits per heavy atom. The number of rotatable bonds is 5. The van der Waals surface area contributed by atoms with Crippen molar-refractivity contribution in [2.45, 2.75) is 32.4 Å². The number of fused-ring (bicyclic) bond motifs is 1. The molecular weight excluding hydrogens is 286 g/mol. The molecule has 23 heavy (non-hydrogen) atoms. The average Bonchev–Trinajstić information content (AvgIpc) is 2.83. The molecule has 0 saturated carbocycles. The summed E-state index contributed by atoms with van der Waals surface area (Å²) in [5, 5.41) is 9.99. The quantitative estimate of drug-likeness (QED) is 0.908. The van der Waals surface area contributed by atoms with Crippen molar-refractivity contribution < 1.29 is 9.90 Å². The second kappa shape index (κ2) is 6.55. The number of hydrogen-bond acceptors (Lipinski definition) is 2. The Hall–Kier alpha value is -2.13. The third-order valence-electron chi connectivity index (χ3n) is 4.51. The van der Waals surface area contributed by atoms with Crippen molar-refractivity contribution in [1.82, 2.24) is 4.90 Å². The SMILES string of the molecule is CC(C)C[C@H]1c2ccccc2C(=O)N1[C@@H](CO)c1ccccc1. The van der Waals surface area contributed by atoms with E-state index in [-0.39, 0.29) is 24.6 Å². The fourth-order valence-corrected chi connectivity index (χ4v) is 3.49. The normalized spacial score (nSPS) is 18.3. The molecule has 2 aromatic carbocycles. The molecule has 3 rings (SSSR count). The van der Waals surface area contributed by atoms with Gasteiger partial charge in [-0.25, -0.2) is 0 Å². The number of aliphatic hydroxyl groups is 1. The highest BCUT2D eigenvalue weighted by atomic mass is 16.3. The predicted molar refractivity (Wildman–Crippen MR) is 91.1 cm³/mol. The summed E-state index contributed by atoms with van der Waals surface area (Å²) in [5.41, 5.74) is 2.83. The maximum atomic E-state index is 13.0. The van der Waals surface area contributed by atoms with Crippen molar-refractivity contribution in [3.05, 3.63) is 71.3 Å². The van der Waals surface area contributed by atoms with E-state index in [0.717, 1.165) is 23.1 Å². The van der Waals surface area contributed by atoms with Gasteiger partial charge in [-0.2, -0.15) is 0 Å². The highest BCUT2D eigenvalue weighted by molar-refractivity contribution is 5.99. The second-order valence-electron chi connectivity index (χ2n) is 6.55. The third kappa shape index (κ3) is 2.89. The molecule has 2 atom stereocenters. The van der Waals surface area contributed by atoms with Crippen LogP contribution in [0.1, 0.15) is 53.8 Å². The molecule has 0 bridgehead atoms. The van der Waals surface area contributed by atoms with Gasteiger partial charge >= 0.3 is 0 Å². The fraction of sp³-hybridized carbons (Fsp3) is 0.350. The van der Waals surface area contributed by atoms with Crippen molar-refractivity contribution in [3.8, 4) is 0 Å². The van der Waals surface area contributed by atoms with Gasteiger partial charge in [0.15, 0.2) is 0 Å². The van der Waals surface area contributed by atoms with E-state index < -0.39 is 0 Å². The summed E-state index contributed by atoms with van der Waals surface area (Å²) in [5.74, 6) is 0.491. The van der Waals surface area contributed by atoms with Gasteiger partial charge in [0.2, 0.25) is 0 Å². The Labute approximate surface area is 137 Å². The average molecular weight is 309 g/mol. The molecule has 0 spiro atoms. The first-order chi connectivity index (χ1) is 11.1. The number of benzene rings is 2. The Kier molecular flexibility index (Phi) is 4.49. The van der Waals surface area contributed by atoms with Crippen LogP contribution in [-0.2, 0) is 0 Å². The van der Waals surface area contributed by atoms with Crippen molar-refractivity contribution >= 4 is 5.91 Å². The molecule has 0 aliphatic carbocycles. The minimum Gasteiger partial charge on any atom is -0.394 e. The van der Waals surface area contributed by atoms with Gasteiger partial charge in [0.05, 0.1) is 18.7 Å². The lowest BCUT2D eigenvalue weighted by Gasteiger charge is -2.33. The molecule has 2 aromatic rings. The van der Waals surface area contributed by atoms with E-state index >= 15 is 0 Å². The summed E-state index contributed by atoms with van der Waals surface area (Å²) in [6.45, 7) is 4.26. The highest BCUT2D eigenvalue weighted by Crippen LogP contribution is 2.42. The van der Waals surface area contributed by atoms with Crippen molar-refractivity contribution in [1.29, 1.82) is 0 Å². The number of amides is 1. The highest BCUT2D eigenvalue weighted by Gasteiger charge is 2.40. The van der Waals surface area contributed by atoms with E-state index in [1.54, 1.807) is 0 Å². The van der Waals surface area contributed by atoms with Crippen LogP contribution in [0, 0.1) is 5.92 Å². The molecule has 1 aliphatic heterocycles. The van der Waals surface area contributed by atoms with Crippen LogP contribution in [0.3, 0.4) is 0 Å². The molecule has 1 aliphatic rings. The smallest absolute Gasteiger partial charge is 0.255 e. The zero-order valence-corrected chi connectivity index (χ0v) is 13.6. The van der Waals surface area contributed by atoms with Crippen LogP contribution in [0.4, 0.5) is 0 Å². The van der Waals surface area contributed by atoms with Crippen molar-refractivity contribution in [3.63, 3.8) is 0 Å². The van der Waals surface area contributed by atoms with Crippen LogP contribution in [0.5, 0.6) is 0 Å². The Bertz CT molecular complexity index is 681. The van der Waals surface area contributed by atoms with Gasteiger partial charge in [0.25, 0.3) is 5.91 Å². The van der Waals surface area contributed by atoms with Crippen LogP contribution >= 0.6 is 0 Å². The summed E-state index contributed by atoms with van der Waals surface area (Å²) >= 11 is 0. The zero-order chi connectivity index (χ0) is 16.4. The van der Waals surface area contributed by atoms with Crippen LogP contribution in [-0.4, -0.2) is 22.5 Å². The number of nitrogens with zero attached hydrogens (tertiary/aromatic N) is 1. The maximum Gasteiger partial charge on any atom is 0.255 e. The van der Waals surface area contributed by atoms with E-state index in [9.17, 15) is 9.90 Å². The lowest BCUT2D eigenvalue weighted by molar-refractivity contribution is 0.0487. The third-order valence-corrected chi connectivity index (χ3v) is 4.51. The minimum absolute atomic E-state index is 0.0224. The van der Waals surface area contributed by atoms with E-state index in [0.29, 0.717) is 5.92 Å². The zero-order valence-electron chi connectivity index (χ0n) is 13.6. The topological polar surface area (TPSA) is 40.5 Å². The van der Waals surface area contributed by atoms with Gasteiger partial charge in [-0.15, -0.1) is 0 Å². The molecule has 3 nitrogen and oxygen atoms in total. The number of carbonyl (C=O) groups excluding carboxylic acids is 1.